The number of aliphatic carboxylic acids is 1. The van der Waals surface area contributed by atoms with Crippen molar-refractivity contribution in [3.63, 3.8) is 0 Å². The van der Waals surface area contributed by atoms with Crippen molar-refractivity contribution in [2.75, 3.05) is 19.6 Å². The number of hydrogen-bond donors (Lipinski definition) is 2. The highest BCUT2D eigenvalue weighted by Crippen LogP contribution is 2.30. The highest BCUT2D eigenvalue weighted by atomic mass is 16.4. The summed E-state index contributed by atoms with van der Waals surface area (Å²) in [4.78, 5) is 24.0. The average molecular weight is 284 g/mol. The zero-order valence-corrected chi connectivity index (χ0v) is 12.7. The van der Waals surface area contributed by atoms with E-state index in [0.29, 0.717) is 13.1 Å². The van der Waals surface area contributed by atoms with Crippen LogP contribution in [0.25, 0.3) is 0 Å². The Morgan fingerprint density at radius 1 is 1.35 bits per heavy atom. The van der Waals surface area contributed by atoms with Crippen molar-refractivity contribution in [3.8, 4) is 0 Å². The number of amides is 2. The van der Waals surface area contributed by atoms with Gasteiger partial charge < -0.3 is 15.3 Å². The minimum absolute atomic E-state index is 0.00139. The molecule has 5 heteroatoms. The molecule has 2 N–H and O–H groups in total. The van der Waals surface area contributed by atoms with Crippen molar-refractivity contribution >= 4 is 12.0 Å². The van der Waals surface area contributed by atoms with E-state index in [1.807, 2.05) is 6.92 Å². The molecule has 0 aromatic carbocycles. The number of urea groups is 1. The van der Waals surface area contributed by atoms with Gasteiger partial charge in [-0.25, -0.2) is 4.79 Å². The molecule has 20 heavy (non-hydrogen) atoms. The van der Waals surface area contributed by atoms with Crippen LogP contribution in [0.1, 0.15) is 52.4 Å². The molecule has 1 rings (SSSR count). The molecule has 116 valence electrons. The summed E-state index contributed by atoms with van der Waals surface area (Å²) in [6, 6.07) is -0.141. The molecule has 2 amide bonds. The van der Waals surface area contributed by atoms with Gasteiger partial charge in [0.15, 0.2) is 0 Å². The third kappa shape index (κ3) is 6.26. The summed E-state index contributed by atoms with van der Waals surface area (Å²) in [5, 5.41) is 11.6. The van der Waals surface area contributed by atoms with E-state index in [4.69, 9.17) is 5.11 Å². The minimum Gasteiger partial charge on any atom is -0.481 e. The fourth-order valence-corrected chi connectivity index (χ4v) is 2.95. The molecule has 0 spiro atoms. The maximum absolute atomic E-state index is 11.9. The zero-order chi connectivity index (χ0) is 15.0. The molecule has 1 saturated carbocycles. The van der Waals surface area contributed by atoms with Crippen LogP contribution in [-0.4, -0.2) is 41.6 Å². The first-order valence-electron chi connectivity index (χ1n) is 7.77. The summed E-state index contributed by atoms with van der Waals surface area (Å²) >= 11 is 0. The Morgan fingerprint density at radius 3 is 2.70 bits per heavy atom. The van der Waals surface area contributed by atoms with Gasteiger partial charge >= 0.3 is 12.0 Å². The van der Waals surface area contributed by atoms with Gasteiger partial charge in [-0.15, -0.1) is 0 Å². The third-order valence-electron chi connectivity index (χ3n) is 4.14. The molecule has 5 nitrogen and oxygen atoms in total. The van der Waals surface area contributed by atoms with Crippen molar-refractivity contribution in [1.29, 1.82) is 0 Å². The van der Waals surface area contributed by atoms with Crippen molar-refractivity contribution in [1.82, 2.24) is 10.2 Å². The van der Waals surface area contributed by atoms with Crippen LogP contribution in [0.2, 0.25) is 0 Å². The standard InChI is InChI=1S/C15H28N2O3/c1-3-17(10-8-14(18)19)15(20)16-9-7-13-6-4-5-12(2)11-13/h12-13H,3-11H2,1-2H3,(H,16,20)(H,18,19). The lowest BCUT2D eigenvalue weighted by atomic mass is 9.81. The second kappa shape index (κ2) is 8.82. The molecule has 0 heterocycles. The van der Waals surface area contributed by atoms with Crippen molar-refractivity contribution < 1.29 is 14.7 Å². The van der Waals surface area contributed by atoms with E-state index in [-0.39, 0.29) is 19.0 Å². The number of nitrogens with zero attached hydrogens (tertiary/aromatic N) is 1. The molecule has 0 saturated heterocycles. The van der Waals surface area contributed by atoms with Gasteiger partial charge in [-0.05, 0) is 31.6 Å². The fourth-order valence-electron chi connectivity index (χ4n) is 2.95. The van der Waals surface area contributed by atoms with Gasteiger partial charge in [0.1, 0.15) is 0 Å². The van der Waals surface area contributed by atoms with Crippen LogP contribution in [0.5, 0.6) is 0 Å². The first kappa shape index (κ1) is 16.8. The van der Waals surface area contributed by atoms with Gasteiger partial charge in [-0.1, -0.05) is 26.2 Å². The van der Waals surface area contributed by atoms with Crippen molar-refractivity contribution in [2.24, 2.45) is 11.8 Å². The number of nitrogens with one attached hydrogen (secondary N) is 1. The number of rotatable bonds is 7. The van der Waals surface area contributed by atoms with E-state index in [9.17, 15) is 9.59 Å². The molecular weight excluding hydrogens is 256 g/mol. The van der Waals surface area contributed by atoms with Crippen LogP contribution in [0, 0.1) is 11.8 Å². The molecule has 0 radical (unpaired) electrons. The molecule has 0 bridgehead atoms. The number of carboxylic acids is 1. The first-order chi connectivity index (χ1) is 9.52. The Kier molecular flexibility index (Phi) is 7.41. The molecule has 2 atom stereocenters. The Balaban J connectivity index is 2.21. The Labute approximate surface area is 121 Å². The first-order valence-corrected chi connectivity index (χ1v) is 7.77. The van der Waals surface area contributed by atoms with Crippen LogP contribution in [0.4, 0.5) is 4.79 Å². The maximum atomic E-state index is 11.9. The van der Waals surface area contributed by atoms with Crippen LogP contribution in [-0.2, 0) is 4.79 Å². The molecule has 0 aromatic rings. The molecule has 1 aliphatic carbocycles. The van der Waals surface area contributed by atoms with Gasteiger partial charge in [-0.3, -0.25) is 4.79 Å². The van der Waals surface area contributed by atoms with Crippen molar-refractivity contribution in [3.05, 3.63) is 0 Å². The Hall–Kier alpha value is -1.26. The fraction of sp³-hybridized carbons (Fsp3) is 0.867. The predicted octanol–water partition coefficient (Wildman–Crippen LogP) is 2.71. The molecule has 0 aromatic heterocycles. The number of hydrogen-bond acceptors (Lipinski definition) is 2. The minimum atomic E-state index is -0.868. The van der Waals surface area contributed by atoms with Gasteiger partial charge in [0.05, 0.1) is 6.42 Å². The van der Waals surface area contributed by atoms with E-state index >= 15 is 0 Å². The van der Waals surface area contributed by atoms with Crippen LogP contribution in [0.15, 0.2) is 0 Å². The SMILES string of the molecule is CCN(CCC(=O)O)C(=O)NCCC1CCCC(C)C1. The quantitative estimate of drug-likeness (QED) is 0.755. The molecule has 2 unspecified atom stereocenters. The Morgan fingerprint density at radius 2 is 2.10 bits per heavy atom. The van der Waals surface area contributed by atoms with Gasteiger partial charge in [0.2, 0.25) is 0 Å². The second-order valence-corrected chi connectivity index (χ2v) is 5.88. The average Bonchev–Trinajstić information content (AvgIpc) is 2.39. The third-order valence-corrected chi connectivity index (χ3v) is 4.14. The van der Waals surface area contributed by atoms with Gasteiger partial charge in [-0.2, -0.15) is 0 Å². The molecule has 1 aliphatic rings. The lowest BCUT2D eigenvalue weighted by Gasteiger charge is -2.27. The van der Waals surface area contributed by atoms with E-state index in [1.165, 1.54) is 25.7 Å². The largest absolute Gasteiger partial charge is 0.481 e. The van der Waals surface area contributed by atoms with E-state index < -0.39 is 5.97 Å². The maximum Gasteiger partial charge on any atom is 0.317 e. The van der Waals surface area contributed by atoms with Crippen LogP contribution >= 0.6 is 0 Å². The number of carbonyl (C=O) groups is 2. The summed E-state index contributed by atoms with van der Waals surface area (Å²) < 4.78 is 0. The lowest BCUT2D eigenvalue weighted by Crippen LogP contribution is -2.41. The van der Waals surface area contributed by atoms with Crippen molar-refractivity contribution in [2.45, 2.75) is 52.4 Å². The smallest absolute Gasteiger partial charge is 0.317 e. The number of carboxylic acid groups (broad SMARTS) is 1. The molecular formula is C15H28N2O3. The highest BCUT2D eigenvalue weighted by molar-refractivity contribution is 5.75. The second-order valence-electron chi connectivity index (χ2n) is 5.88. The summed E-state index contributed by atoms with van der Waals surface area (Å²) in [6.45, 7) is 5.68. The lowest BCUT2D eigenvalue weighted by molar-refractivity contribution is -0.137. The summed E-state index contributed by atoms with van der Waals surface area (Å²) in [5.41, 5.74) is 0. The summed E-state index contributed by atoms with van der Waals surface area (Å²) in [7, 11) is 0. The van der Waals surface area contributed by atoms with E-state index in [1.54, 1.807) is 4.90 Å². The topological polar surface area (TPSA) is 69.6 Å². The van der Waals surface area contributed by atoms with E-state index in [0.717, 1.165) is 18.3 Å². The molecule has 1 fully saturated rings. The molecule has 0 aliphatic heterocycles. The summed E-state index contributed by atoms with van der Waals surface area (Å²) in [6.07, 6.45) is 6.22. The zero-order valence-electron chi connectivity index (χ0n) is 12.7. The monoisotopic (exact) mass is 284 g/mol. The van der Waals surface area contributed by atoms with Crippen LogP contribution < -0.4 is 5.32 Å². The number of carbonyl (C=O) groups excluding carboxylic acids is 1. The van der Waals surface area contributed by atoms with E-state index in [2.05, 4.69) is 12.2 Å². The normalized spacial score (nSPS) is 22.3. The highest BCUT2D eigenvalue weighted by Gasteiger charge is 2.19. The van der Waals surface area contributed by atoms with Gasteiger partial charge in [0.25, 0.3) is 0 Å². The van der Waals surface area contributed by atoms with Gasteiger partial charge in [0, 0.05) is 19.6 Å². The van der Waals surface area contributed by atoms with Crippen LogP contribution in [0.3, 0.4) is 0 Å². The predicted molar refractivity (Wildman–Crippen MR) is 78.6 cm³/mol. The summed E-state index contributed by atoms with van der Waals surface area (Å²) in [5.74, 6) is 0.674. The Bertz CT molecular complexity index is 320.